The van der Waals surface area contributed by atoms with Gasteiger partial charge in [0.05, 0.1) is 16.6 Å². The van der Waals surface area contributed by atoms with Gasteiger partial charge in [-0.1, -0.05) is 18.3 Å². The molecule has 0 aliphatic rings. The molecule has 0 saturated heterocycles. The van der Waals surface area contributed by atoms with E-state index in [0.717, 1.165) is 15.9 Å². The Morgan fingerprint density at radius 2 is 2.17 bits per heavy atom. The topological polar surface area (TPSA) is 51.6 Å². The molecule has 0 bridgehead atoms. The van der Waals surface area contributed by atoms with Crippen molar-refractivity contribution in [2.24, 2.45) is 0 Å². The highest BCUT2D eigenvalue weighted by molar-refractivity contribution is 7.12. The lowest BCUT2D eigenvalue weighted by Gasteiger charge is -2.00. The molecule has 0 unspecified atom stereocenters. The van der Waals surface area contributed by atoms with E-state index in [0.29, 0.717) is 5.92 Å². The van der Waals surface area contributed by atoms with Gasteiger partial charge in [-0.25, -0.2) is 0 Å². The summed E-state index contributed by atoms with van der Waals surface area (Å²) >= 11 is 1.36. The molecule has 2 heterocycles. The maximum Gasteiger partial charge on any atom is 0.131 e. The molecule has 0 aliphatic carbocycles. The van der Waals surface area contributed by atoms with E-state index in [1.807, 2.05) is 0 Å². The quantitative estimate of drug-likeness (QED) is 0.669. The van der Waals surface area contributed by atoms with Crippen molar-refractivity contribution in [2.45, 2.75) is 19.8 Å². The van der Waals surface area contributed by atoms with Crippen molar-refractivity contribution in [3.8, 4) is 0 Å². The summed E-state index contributed by atoms with van der Waals surface area (Å²) in [6.07, 6.45) is 1.70. The lowest BCUT2D eigenvalue weighted by molar-refractivity contribution is 0.794. The van der Waals surface area contributed by atoms with Crippen molar-refractivity contribution < 1.29 is 0 Å². The molecule has 0 atom stereocenters. The molecule has 0 amide bonds. The Balaban J connectivity index is 2.73. The average molecular weight is 180 g/mol. The maximum atomic E-state index is 4.03. The highest BCUT2D eigenvalue weighted by atomic mass is 32.1. The van der Waals surface area contributed by atoms with Crippen molar-refractivity contribution in [3.63, 3.8) is 0 Å². The van der Waals surface area contributed by atoms with E-state index >= 15 is 0 Å². The molecule has 0 radical (unpaired) electrons. The first-order valence-corrected chi connectivity index (χ1v) is 4.50. The van der Waals surface area contributed by atoms with Crippen LogP contribution in [0.2, 0.25) is 0 Å². The van der Waals surface area contributed by atoms with E-state index in [2.05, 4.69) is 33.6 Å². The molecule has 0 aromatic carbocycles. The molecule has 0 fully saturated rings. The van der Waals surface area contributed by atoms with Crippen LogP contribution in [-0.2, 0) is 0 Å². The molecule has 0 spiro atoms. The first-order valence-electron chi connectivity index (χ1n) is 3.72. The Morgan fingerprint density at radius 3 is 2.92 bits per heavy atom. The fraction of sp³-hybridized carbons (Fsp3) is 0.429. The molecule has 12 heavy (non-hydrogen) atoms. The second kappa shape index (κ2) is 2.75. The number of aromatic nitrogens is 4. The Bertz CT molecular complexity index is 395. The Kier molecular flexibility index (Phi) is 1.73. The predicted octanol–water partition coefficient (Wildman–Crippen LogP) is 1.60. The standard InChI is InChI=1S/C7H8N4S/c1-4(2)6-7-5(3-8-9-6)12-11-10-7/h3-4H,1-2H3. The van der Waals surface area contributed by atoms with Crippen LogP contribution in [0.4, 0.5) is 0 Å². The van der Waals surface area contributed by atoms with Crippen LogP contribution in [-0.4, -0.2) is 19.8 Å². The third kappa shape index (κ3) is 1.06. The fourth-order valence-electron chi connectivity index (χ4n) is 1.04. The zero-order valence-corrected chi connectivity index (χ0v) is 7.67. The Hall–Kier alpha value is -1.10. The first kappa shape index (κ1) is 7.54. The summed E-state index contributed by atoms with van der Waals surface area (Å²) in [6.45, 7) is 4.14. The summed E-state index contributed by atoms with van der Waals surface area (Å²) in [7, 11) is 0. The first-order chi connectivity index (χ1) is 5.79. The van der Waals surface area contributed by atoms with Crippen molar-refractivity contribution in [1.82, 2.24) is 19.8 Å². The van der Waals surface area contributed by atoms with Crippen molar-refractivity contribution in [3.05, 3.63) is 11.9 Å². The molecule has 62 valence electrons. The highest BCUT2D eigenvalue weighted by Crippen LogP contribution is 2.21. The minimum absolute atomic E-state index is 0.352. The van der Waals surface area contributed by atoms with Gasteiger partial charge in [-0.05, 0) is 17.5 Å². The molecule has 0 N–H and O–H groups in total. The summed E-state index contributed by atoms with van der Waals surface area (Å²) < 4.78 is 4.86. The van der Waals surface area contributed by atoms with E-state index in [4.69, 9.17) is 0 Å². The van der Waals surface area contributed by atoms with Crippen LogP contribution in [0, 0.1) is 0 Å². The molecular weight excluding hydrogens is 172 g/mol. The summed E-state index contributed by atoms with van der Waals surface area (Å²) in [5, 5.41) is 11.9. The summed E-state index contributed by atoms with van der Waals surface area (Å²) in [6, 6.07) is 0. The molecule has 2 rings (SSSR count). The third-order valence-electron chi connectivity index (χ3n) is 1.64. The molecule has 2 aromatic heterocycles. The van der Waals surface area contributed by atoms with Crippen LogP contribution in [0.25, 0.3) is 10.2 Å². The van der Waals surface area contributed by atoms with Gasteiger partial charge in [0.15, 0.2) is 0 Å². The lowest BCUT2D eigenvalue weighted by Crippen LogP contribution is -1.95. The van der Waals surface area contributed by atoms with Crippen LogP contribution in [0.15, 0.2) is 6.20 Å². The van der Waals surface area contributed by atoms with Crippen LogP contribution in [0.1, 0.15) is 25.5 Å². The van der Waals surface area contributed by atoms with Crippen LogP contribution in [0.5, 0.6) is 0 Å². The molecule has 0 saturated carbocycles. The summed E-state index contributed by atoms with van der Waals surface area (Å²) in [5.74, 6) is 0.352. The normalized spacial score (nSPS) is 11.2. The van der Waals surface area contributed by atoms with Crippen LogP contribution in [0.3, 0.4) is 0 Å². The Labute approximate surface area is 73.8 Å². The van der Waals surface area contributed by atoms with Gasteiger partial charge in [-0.3, -0.25) is 0 Å². The molecule has 4 nitrogen and oxygen atoms in total. The SMILES string of the molecule is CC(C)c1nncc2snnc12. The fourth-order valence-corrected chi connectivity index (χ4v) is 1.58. The van der Waals surface area contributed by atoms with Gasteiger partial charge in [-0.2, -0.15) is 10.2 Å². The zero-order valence-electron chi connectivity index (χ0n) is 6.85. The minimum Gasteiger partial charge on any atom is -0.157 e. The largest absolute Gasteiger partial charge is 0.157 e. The average Bonchev–Trinajstić information content (AvgIpc) is 2.49. The molecular formula is C7H8N4S. The molecule has 2 aromatic rings. The summed E-state index contributed by atoms with van der Waals surface area (Å²) in [5.41, 5.74) is 1.83. The van der Waals surface area contributed by atoms with Crippen molar-refractivity contribution in [2.75, 3.05) is 0 Å². The van der Waals surface area contributed by atoms with E-state index in [-0.39, 0.29) is 0 Å². The van der Waals surface area contributed by atoms with Gasteiger partial charge in [-0.15, -0.1) is 5.10 Å². The minimum atomic E-state index is 0.352. The predicted molar refractivity (Wildman–Crippen MR) is 47.1 cm³/mol. The Morgan fingerprint density at radius 1 is 1.33 bits per heavy atom. The second-order valence-electron chi connectivity index (χ2n) is 2.87. The van der Waals surface area contributed by atoms with E-state index in [1.165, 1.54) is 11.5 Å². The zero-order chi connectivity index (χ0) is 8.55. The number of fused-ring (bicyclic) bond motifs is 1. The van der Waals surface area contributed by atoms with Gasteiger partial charge < -0.3 is 0 Å². The second-order valence-corrected chi connectivity index (χ2v) is 3.66. The molecule has 0 aliphatic heterocycles. The van der Waals surface area contributed by atoms with E-state index in [9.17, 15) is 0 Å². The maximum absolute atomic E-state index is 4.03. The number of nitrogens with zero attached hydrogens (tertiary/aromatic N) is 4. The highest BCUT2D eigenvalue weighted by Gasteiger charge is 2.09. The van der Waals surface area contributed by atoms with Gasteiger partial charge in [0.1, 0.15) is 5.52 Å². The number of rotatable bonds is 1. The van der Waals surface area contributed by atoms with Crippen LogP contribution >= 0.6 is 11.5 Å². The van der Waals surface area contributed by atoms with Crippen molar-refractivity contribution in [1.29, 1.82) is 0 Å². The third-order valence-corrected chi connectivity index (χ3v) is 2.30. The monoisotopic (exact) mass is 180 g/mol. The summed E-state index contributed by atoms with van der Waals surface area (Å²) in [4.78, 5) is 0. The van der Waals surface area contributed by atoms with Gasteiger partial charge >= 0.3 is 0 Å². The van der Waals surface area contributed by atoms with Gasteiger partial charge in [0.25, 0.3) is 0 Å². The molecule has 5 heteroatoms. The van der Waals surface area contributed by atoms with Gasteiger partial charge in [0, 0.05) is 0 Å². The van der Waals surface area contributed by atoms with Gasteiger partial charge in [0.2, 0.25) is 0 Å². The smallest absolute Gasteiger partial charge is 0.131 e. The van der Waals surface area contributed by atoms with E-state index < -0.39 is 0 Å². The lowest BCUT2D eigenvalue weighted by atomic mass is 10.1. The van der Waals surface area contributed by atoms with Crippen molar-refractivity contribution >= 4 is 21.7 Å². The number of hydrogen-bond acceptors (Lipinski definition) is 5. The van der Waals surface area contributed by atoms with Crippen LogP contribution < -0.4 is 0 Å². The van der Waals surface area contributed by atoms with E-state index in [1.54, 1.807) is 6.20 Å². The number of hydrogen-bond donors (Lipinski definition) is 0.